The molecule has 0 atom stereocenters. The minimum absolute atomic E-state index is 0.214. The summed E-state index contributed by atoms with van der Waals surface area (Å²) in [5, 5.41) is 3.23. The van der Waals surface area contributed by atoms with E-state index in [2.05, 4.69) is 10.1 Å². The number of hydrogen-bond donors (Lipinski definition) is 1. The highest BCUT2D eigenvalue weighted by Crippen LogP contribution is 2.17. The summed E-state index contributed by atoms with van der Waals surface area (Å²) >= 11 is 6.15. The predicted molar refractivity (Wildman–Crippen MR) is 111 cm³/mol. The third kappa shape index (κ3) is 6.70. The van der Waals surface area contributed by atoms with Gasteiger partial charge in [0.25, 0.3) is 11.5 Å². The Morgan fingerprint density at radius 1 is 1.03 bits per heavy atom. The SMILES string of the molecule is O=C(Nc1ccc(=O)n(Cc2ccccc2Cl)c1)c1ccc(COCC(F)(F)F)cc1. The van der Waals surface area contributed by atoms with Gasteiger partial charge in [0.1, 0.15) is 6.61 Å². The number of hydrogen-bond acceptors (Lipinski definition) is 3. The van der Waals surface area contributed by atoms with Gasteiger partial charge in [0.05, 0.1) is 18.8 Å². The van der Waals surface area contributed by atoms with E-state index in [0.29, 0.717) is 21.8 Å². The van der Waals surface area contributed by atoms with Gasteiger partial charge in [0.15, 0.2) is 0 Å². The lowest BCUT2D eigenvalue weighted by Gasteiger charge is -2.11. The second-order valence-electron chi connectivity index (χ2n) is 6.73. The Morgan fingerprint density at radius 3 is 2.42 bits per heavy atom. The van der Waals surface area contributed by atoms with Crippen LogP contribution in [0, 0.1) is 0 Å². The third-order valence-corrected chi connectivity index (χ3v) is 4.66. The molecule has 0 aliphatic rings. The molecule has 162 valence electrons. The first-order chi connectivity index (χ1) is 14.7. The molecule has 0 bridgehead atoms. The number of ether oxygens (including phenoxy) is 1. The van der Waals surface area contributed by atoms with Gasteiger partial charge in [-0.3, -0.25) is 9.59 Å². The maximum Gasteiger partial charge on any atom is 0.411 e. The van der Waals surface area contributed by atoms with Crippen LogP contribution in [0.25, 0.3) is 0 Å². The van der Waals surface area contributed by atoms with E-state index in [9.17, 15) is 22.8 Å². The van der Waals surface area contributed by atoms with Crippen LogP contribution in [0.1, 0.15) is 21.5 Å². The van der Waals surface area contributed by atoms with E-state index in [0.717, 1.165) is 5.56 Å². The molecule has 5 nitrogen and oxygen atoms in total. The van der Waals surface area contributed by atoms with Gasteiger partial charge in [-0.25, -0.2) is 0 Å². The van der Waals surface area contributed by atoms with Gasteiger partial charge < -0.3 is 14.6 Å². The van der Waals surface area contributed by atoms with Gasteiger partial charge in [0.2, 0.25) is 0 Å². The molecule has 2 aromatic carbocycles. The summed E-state index contributed by atoms with van der Waals surface area (Å²) in [5.41, 5.74) is 1.74. The number of carbonyl (C=O) groups is 1. The second-order valence-corrected chi connectivity index (χ2v) is 7.14. The Morgan fingerprint density at radius 2 is 1.74 bits per heavy atom. The Hall–Kier alpha value is -3.10. The number of rotatable bonds is 7. The van der Waals surface area contributed by atoms with Crippen LogP contribution in [0.4, 0.5) is 18.9 Å². The zero-order valence-corrected chi connectivity index (χ0v) is 16.9. The molecular weight excluding hydrogens is 433 g/mol. The van der Waals surface area contributed by atoms with Crippen molar-refractivity contribution in [1.29, 1.82) is 0 Å². The molecule has 0 unspecified atom stereocenters. The lowest BCUT2D eigenvalue weighted by atomic mass is 10.1. The van der Waals surface area contributed by atoms with Gasteiger partial charge >= 0.3 is 6.18 Å². The summed E-state index contributed by atoms with van der Waals surface area (Å²) in [6, 6.07) is 16.0. The molecule has 31 heavy (non-hydrogen) atoms. The molecule has 1 heterocycles. The first-order valence-electron chi connectivity index (χ1n) is 9.20. The van der Waals surface area contributed by atoms with Crippen molar-refractivity contribution in [2.75, 3.05) is 11.9 Å². The number of carbonyl (C=O) groups excluding carboxylic acids is 1. The van der Waals surface area contributed by atoms with Crippen LogP contribution in [0.2, 0.25) is 5.02 Å². The number of aromatic nitrogens is 1. The standard InChI is InChI=1S/C22H18ClF3N2O3/c23-19-4-2-1-3-17(19)11-28-12-18(9-10-20(28)29)27-21(30)16-7-5-15(6-8-16)13-31-14-22(24,25)26/h1-10,12H,11,13-14H2,(H,27,30). The van der Waals surface area contributed by atoms with Gasteiger partial charge in [-0.2, -0.15) is 13.2 Å². The van der Waals surface area contributed by atoms with Crippen molar-refractivity contribution in [3.05, 3.63) is 98.9 Å². The highest BCUT2D eigenvalue weighted by Gasteiger charge is 2.27. The molecule has 1 N–H and O–H groups in total. The van der Waals surface area contributed by atoms with E-state index >= 15 is 0 Å². The fourth-order valence-corrected chi connectivity index (χ4v) is 2.97. The highest BCUT2D eigenvalue weighted by molar-refractivity contribution is 6.31. The van der Waals surface area contributed by atoms with E-state index in [1.165, 1.54) is 47.2 Å². The minimum atomic E-state index is -4.39. The molecule has 1 amide bonds. The van der Waals surface area contributed by atoms with Crippen molar-refractivity contribution in [2.24, 2.45) is 0 Å². The highest BCUT2D eigenvalue weighted by atomic mass is 35.5. The van der Waals surface area contributed by atoms with Crippen LogP contribution in [0.5, 0.6) is 0 Å². The fraction of sp³-hybridized carbons (Fsp3) is 0.182. The van der Waals surface area contributed by atoms with Crippen LogP contribution < -0.4 is 10.9 Å². The summed E-state index contributed by atoms with van der Waals surface area (Å²) in [6.45, 7) is -1.30. The Balaban J connectivity index is 1.65. The van der Waals surface area contributed by atoms with Gasteiger partial charge in [-0.05, 0) is 35.4 Å². The Labute approximate surface area is 181 Å². The molecule has 0 spiro atoms. The molecule has 0 aliphatic carbocycles. The largest absolute Gasteiger partial charge is 0.411 e. The Bertz CT molecular complexity index is 1110. The van der Waals surface area contributed by atoms with Gasteiger partial charge in [-0.1, -0.05) is 41.9 Å². The number of nitrogens with zero attached hydrogens (tertiary/aromatic N) is 1. The summed E-state index contributed by atoms with van der Waals surface area (Å²) in [4.78, 5) is 24.6. The van der Waals surface area contributed by atoms with Crippen molar-refractivity contribution in [3.8, 4) is 0 Å². The third-order valence-electron chi connectivity index (χ3n) is 4.29. The average Bonchev–Trinajstić information content (AvgIpc) is 2.71. The summed E-state index contributed by atoms with van der Waals surface area (Å²) in [7, 11) is 0. The number of amides is 1. The number of alkyl halides is 3. The molecule has 0 fully saturated rings. The first-order valence-corrected chi connectivity index (χ1v) is 9.58. The normalized spacial score (nSPS) is 11.4. The molecule has 0 saturated carbocycles. The molecule has 3 aromatic rings. The second kappa shape index (κ2) is 9.80. The quantitative estimate of drug-likeness (QED) is 0.558. The number of anilines is 1. The van der Waals surface area contributed by atoms with Crippen molar-refractivity contribution >= 4 is 23.2 Å². The first kappa shape index (κ1) is 22.6. The van der Waals surface area contributed by atoms with Crippen molar-refractivity contribution < 1.29 is 22.7 Å². The fourth-order valence-electron chi connectivity index (χ4n) is 2.78. The van der Waals surface area contributed by atoms with Crippen molar-refractivity contribution in [1.82, 2.24) is 4.57 Å². The maximum absolute atomic E-state index is 12.5. The Kier molecular flexibility index (Phi) is 7.14. The zero-order valence-electron chi connectivity index (χ0n) is 16.2. The average molecular weight is 451 g/mol. The number of pyridine rings is 1. The topological polar surface area (TPSA) is 60.3 Å². The molecule has 0 aliphatic heterocycles. The molecule has 0 saturated heterocycles. The van der Waals surface area contributed by atoms with E-state index in [4.69, 9.17) is 11.6 Å². The van der Waals surface area contributed by atoms with Crippen LogP contribution in [-0.4, -0.2) is 23.3 Å². The summed E-state index contributed by atoms with van der Waals surface area (Å²) < 4.78 is 42.4. The lowest BCUT2D eigenvalue weighted by molar-refractivity contribution is -0.176. The minimum Gasteiger partial charge on any atom is -0.367 e. The molecule has 3 rings (SSSR count). The van der Waals surface area contributed by atoms with Crippen LogP contribution in [0.15, 0.2) is 71.7 Å². The van der Waals surface area contributed by atoms with Crippen molar-refractivity contribution in [2.45, 2.75) is 19.3 Å². The van der Waals surface area contributed by atoms with Crippen LogP contribution in [0.3, 0.4) is 0 Å². The number of nitrogens with one attached hydrogen (secondary N) is 1. The predicted octanol–water partition coefficient (Wildman–Crippen LogP) is 4.88. The number of halogens is 4. The molecular formula is C22H18ClF3N2O3. The smallest absolute Gasteiger partial charge is 0.367 e. The van der Waals surface area contributed by atoms with Crippen LogP contribution in [-0.2, 0) is 17.9 Å². The number of benzene rings is 2. The lowest BCUT2D eigenvalue weighted by Crippen LogP contribution is -2.21. The maximum atomic E-state index is 12.5. The van der Waals surface area contributed by atoms with E-state index in [-0.39, 0.29) is 18.7 Å². The van der Waals surface area contributed by atoms with E-state index < -0.39 is 18.7 Å². The molecule has 1 aromatic heterocycles. The summed E-state index contributed by atoms with van der Waals surface area (Å²) in [5.74, 6) is -0.425. The van der Waals surface area contributed by atoms with Crippen molar-refractivity contribution in [3.63, 3.8) is 0 Å². The summed E-state index contributed by atoms with van der Waals surface area (Å²) in [6.07, 6.45) is -2.87. The van der Waals surface area contributed by atoms with Gasteiger partial charge in [-0.15, -0.1) is 0 Å². The van der Waals surface area contributed by atoms with E-state index in [1.807, 2.05) is 6.07 Å². The molecule has 0 radical (unpaired) electrons. The van der Waals surface area contributed by atoms with E-state index in [1.54, 1.807) is 18.2 Å². The monoisotopic (exact) mass is 450 g/mol. The van der Waals surface area contributed by atoms with Crippen LogP contribution >= 0.6 is 11.6 Å². The molecule has 9 heteroatoms. The van der Waals surface area contributed by atoms with Gasteiger partial charge in [0, 0.05) is 22.8 Å². The zero-order chi connectivity index (χ0) is 22.4.